The van der Waals surface area contributed by atoms with Crippen LogP contribution >= 0.6 is 0 Å². The summed E-state index contributed by atoms with van der Waals surface area (Å²) in [6, 6.07) is 13.8. The number of ether oxygens (including phenoxy) is 1. The first-order valence-corrected chi connectivity index (χ1v) is 8.44. The van der Waals surface area contributed by atoms with Crippen LogP contribution in [0.1, 0.15) is 16.8 Å². The number of benzene rings is 2. The number of H-pyrrole nitrogens is 1. The number of aromatic amines is 1. The summed E-state index contributed by atoms with van der Waals surface area (Å²) in [5.41, 5.74) is 5.52. The predicted molar refractivity (Wildman–Crippen MR) is 99.4 cm³/mol. The lowest BCUT2D eigenvalue weighted by Gasteiger charge is -2.14. The van der Waals surface area contributed by atoms with Crippen LogP contribution in [0.25, 0.3) is 10.9 Å². The van der Waals surface area contributed by atoms with Gasteiger partial charge in [-0.2, -0.15) is 0 Å². The first-order chi connectivity index (χ1) is 12.1. The van der Waals surface area contributed by atoms with Crippen molar-refractivity contribution in [2.45, 2.75) is 25.8 Å². The highest BCUT2D eigenvalue weighted by Crippen LogP contribution is 2.32. The van der Waals surface area contributed by atoms with E-state index in [9.17, 15) is 4.79 Å². The van der Waals surface area contributed by atoms with Gasteiger partial charge in [0.15, 0.2) is 0 Å². The Morgan fingerprint density at radius 1 is 1.20 bits per heavy atom. The molecule has 0 aliphatic heterocycles. The third-order valence-electron chi connectivity index (χ3n) is 4.71. The monoisotopic (exact) mass is 335 g/mol. The van der Waals surface area contributed by atoms with E-state index in [4.69, 9.17) is 4.74 Å². The number of hydrogen-bond donors (Lipinski definition) is 3. The molecule has 2 aromatic carbocycles. The SMILES string of the molecule is COc1ccc2[nH]c3c(c2c1)CC(NC(=O)Nc1cccc(C)c1)C3. The highest BCUT2D eigenvalue weighted by molar-refractivity contribution is 5.90. The molecule has 4 rings (SSSR count). The number of methoxy groups -OCH3 is 1. The van der Waals surface area contributed by atoms with Crippen molar-refractivity contribution < 1.29 is 9.53 Å². The lowest BCUT2D eigenvalue weighted by molar-refractivity contribution is 0.249. The van der Waals surface area contributed by atoms with Gasteiger partial charge >= 0.3 is 6.03 Å². The standard InChI is InChI=1S/C20H21N3O2/c1-12-4-3-5-13(8-12)21-20(24)22-14-9-16-17-11-15(25-2)6-7-18(17)23-19(16)10-14/h3-8,11,14,23H,9-10H2,1-2H3,(H2,21,22,24). The molecule has 1 heterocycles. The molecule has 2 amide bonds. The summed E-state index contributed by atoms with van der Waals surface area (Å²) in [7, 11) is 1.67. The fraction of sp³-hybridized carbons (Fsp3) is 0.250. The van der Waals surface area contributed by atoms with E-state index in [0.29, 0.717) is 0 Å². The van der Waals surface area contributed by atoms with Gasteiger partial charge in [0.1, 0.15) is 5.75 Å². The van der Waals surface area contributed by atoms with Gasteiger partial charge in [-0.15, -0.1) is 0 Å². The van der Waals surface area contributed by atoms with Crippen molar-refractivity contribution in [2.24, 2.45) is 0 Å². The maximum atomic E-state index is 12.3. The summed E-state index contributed by atoms with van der Waals surface area (Å²) in [4.78, 5) is 15.7. The van der Waals surface area contributed by atoms with Crippen molar-refractivity contribution in [1.29, 1.82) is 0 Å². The summed E-state index contributed by atoms with van der Waals surface area (Å²) in [5, 5.41) is 7.15. The average molecular weight is 335 g/mol. The molecule has 1 atom stereocenters. The zero-order valence-electron chi connectivity index (χ0n) is 14.3. The first kappa shape index (κ1) is 15.6. The van der Waals surface area contributed by atoms with Crippen LogP contribution in [0, 0.1) is 6.92 Å². The maximum absolute atomic E-state index is 12.3. The van der Waals surface area contributed by atoms with Crippen LogP contribution in [0.2, 0.25) is 0 Å². The number of amides is 2. The molecule has 5 nitrogen and oxygen atoms in total. The summed E-state index contributed by atoms with van der Waals surface area (Å²) in [5.74, 6) is 0.850. The van der Waals surface area contributed by atoms with Gasteiger partial charge < -0.3 is 20.4 Å². The van der Waals surface area contributed by atoms with Crippen molar-refractivity contribution in [3.05, 3.63) is 59.3 Å². The average Bonchev–Trinajstić information content (AvgIpc) is 3.11. The van der Waals surface area contributed by atoms with E-state index < -0.39 is 0 Å². The minimum absolute atomic E-state index is 0.0988. The summed E-state index contributed by atoms with van der Waals surface area (Å²) in [6.07, 6.45) is 1.64. The van der Waals surface area contributed by atoms with Crippen molar-refractivity contribution >= 4 is 22.6 Å². The molecule has 0 bridgehead atoms. The summed E-state index contributed by atoms with van der Waals surface area (Å²) >= 11 is 0. The van der Waals surface area contributed by atoms with Gasteiger partial charge in [-0.05, 0) is 54.8 Å². The van der Waals surface area contributed by atoms with Crippen LogP contribution in [0.4, 0.5) is 10.5 Å². The van der Waals surface area contributed by atoms with Crippen molar-refractivity contribution in [3.8, 4) is 5.75 Å². The number of hydrogen-bond acceptors (Lipinski definition) is 2. The van der Waals surface area contributed by atoms with E-state index in [1.807, 2.05) is 43.3 Å². The molecule has 128 valence electrons. The van der Waals surface area contributed by atoms with Crippen molar-refractivity contribution in [3.63, 3.8) is 0 Å². The molecular weight excluding hydrogens is 314 g/mol. The number of fused-ring (bicyclic) bond motifs is 3. The van der Waals surface area contributed by atoms with Crippen molar-refractivity contribution in [1.82, 2.24) is 10.3 Å². The quantitative estimate of drug-likeness (QED) is 0.682. The molecule has 1 aromatic heterocycles. The Kier molecular flexibility index (Phi) is 3.84. The second kappa shape index (κ2) is 6.16. The third kappa shape index (κ3) is 3.05. The minimum atomic E-state index is -0.164. The van der Waals surface area contributed by atoms with Gasteiger partial charge in [0.05, 0.1) is 7.11 Å². The Morgan fingerprint density at radius 2 is 2.08 bits per heavy atom. The molecule has 0 saturated carbocycles. The number of nitrogens with one attached hydrogen (secondary N) is 3. The minimum Gasteiger partial charge on any atom is -0.497 e. The van der Waals surface area contributed by atoms with Gasteiger partial charge in [-0.1, -0.05) is 12.1 Å². The largest absolute Gasteiger partial charge is 0.497 e. The summed E-state index contributed by atoms with van der Waals surface area (Å²) < 4.78 is 5.33. The predicted octanol–water partition coefficient (Wildman–Crippen LogP) is 3.77. The van der Waals surface area contributed by atoms with Gasteiger partial charge in [-0.3, -0.25) is 0 Å². The van der Waals surface area contributed by atoms with Gasteiger partial charge in [0.25, 0.3) is 0 Å². The number of anilines is 1. The van der Waals surface area contributed by atoms with Crippen molar-refractivity contribution in [2.75, 3.05) is 12.4 Å². The van der Waals surface area contributed by atoms with E-state index in [2.05, 4.69) is 21.7 Å². The Balaban J connectivity index is 1.45. The summed E-state index contributed by atoms with van der Waals surface area (Å²) in [6.45, 7) is 2.01. The molecule has 1 unspecified atom stereocenters. The first-order valence-electron chi connectivity index (χ1n) is 8.44. The highest BCUT2D eigenvalue weighted by atomic mass is 16.5. The van der Waals surface area contributed by atoms with Crippen LogP contribution in [0.5, 0.6) is 5.75 Å². The van der Waals surface area contributed by atoms with E-state index >= 15 is 0 Å². The Labute approximate surface area is 146 Å². The second-order valence-corrected chi connectivity index (χ2v) is 6.57. The van der Waals surface area contributed by atoms with E-state index in [-0.39, 0.29) is 12.1 Å². The molecule has 0 saturated heterocycles. The number of urea groups is 1. The fourth-order valence-corrected chi connectivity index (χ4v) is 3.56. The molecule has 25 heavy (non-hydrogen) atoms. The zero-order valence-corrected chi connectivity index (χ0v) is 14.3. The van der Waals surface area contributed by atoms with Gasteiger partial charge in [0, 0.05) is 34.7 Å². The lowest BCUT2D eigenvalue weighted by atomic mass is 10.1. The number of aromatic nitrogens is 1. The highest BCUT2D eigenvalue weighted by Gasteiger charge is 2.26. The Morgan fingerprint density at radius 3 is 2.88 bits per heavy atom. The topological polar surface area (TPSA) is 66.1 Å². The van der Waals surface area contributed by atoms with Crippen LogP contribution in [0.3, 0.4) is 0 Å². The van der Waals surface area contributed by atoms with Gasteiger partial charge in [0.2, 0.25) is 0 Å². The molecular formula is C20H21N3O2. The molecule has 0 radical (unpaired) electrons. The zero-order chi connectivity index (χ0) is 17.4. The molecule has 5 heteroatoms. The van der Waals surface area contributed by atoms with Crippen LogP contribution < -0.4 is 15.4 Å². The smallest absolute Gasteiger partial charge is 0.319 e. The maximum Gasteiger partial charge on any atom is 0.319 e. The molecule has 3 aromatic rings. The van der Waals surface area contributed by atoms with E-state index in [1.165, 1.54) is 16.6 Å². The van der Waals surface area contributed by atoms with Gasteiger partial charge in [-0.25, -0.2) is 4.79 Å². The molecule has 3 N–H and O–H groups in total. The fourth-order valence-electron chi connectivity index (χ4n) is 3.56. The lowest BCUT2D eigenvalue weighted by Crippen LogP contribution is -2.38. The molecule has 0 spiro atoms. The van der Waals surface area contributed by atoms with Crippen LogP contribution in [-0.4, -0.2) is 24.2 Å². The Bertz CT molecular complexity index is 945. The second-order valence-electron chi connectivity index (χ2n) is 6.57. The number of carbonyl (C=O) groups is 1. The molecule has 1 aliphatic carbocycles. The third-order valence-corrected chi connectivity index (χ3v) is 4.71. The number of rotatable bonds is 3. The van der Waals surface area contributed by atoms with Crippen LogP contribution in [-0.2, 0) is 12.8 Å². The van der Waals surface area contributed by atoms with E-state index in [1.54, 1.807) is 7.11 Å². The van der Waals surface area contributed by atoms with Crippen LogP contribution in [0.15, 0.2) is 42.5 Å². The molecule has 1 aliphatic rings. The van der Waals surface area contributed by atoms with E-state index in [0.717, 1.165) is 35.4 Å². The normalized spacial score (nSPS) is 15.8. The Hall–Kier alpha value is -2.95. The number of carbonyl (C=O) groups excluding carboxylic acids is 1. The number of aryl methyl sites for hydroxylation is 1. The molecule has 0 fully saturated rings.